The van der Waals surface area contributed by atoms with Gasteiger partial charge in [-0.15, -0.1) is 0 Å². The molecule has 1 fully saturated rings. The first kappa shape index (κ1) is 23.8. The molecule has 2 aromatic heterocycles. The molecule has 1 unspecified atom stereocenters. The Morgan fingerprint density at radius 2 is 1.91 bits per heavy atom. The maximum absolute atomic E-state index is 11.3. The van der Waals surface area contributed by atoms with E-state index in [0.717, 1.165) is 63.4 Å². The van der Waals surface area contributed by atoms with Gasteiger partial charge in [-0.2, -0.15) is 0 Å². The summed E-state index contributed by atoms with van der Waals surface area (Å²) in [7, 11) is 3.76. The van der Waals surface area contributed by atoms with Gasteiger partial charge in [0.25, 0.3) is 0 Å². The summed E-state index contributed by atoms with van der Waals surface area (Å²) in [5.74, 6) is 0.843. The fourth-order valence-electron chi connectivity index (χ4n) is 4.33. The van der Waals surface area contributed by atoms with Gasteiger partial charge in [-0.1, -0.05) is 18.2 Å². The molecule has 1 aliphatic rings. The van der Waals surface area contributed by atoms with Crippen LogP contribution in [0.2, 0.25) is 0 Å². The Bertz CT molecular complexity index is 1230. The summed E-state index contributed by atoms with van der Waals surface area (Å²) in [5, 5.41) is 11.3. The number of H-pyrrole nitrogens is 1. The molecular formula is C29H35N3O2. The van der Waals surface area contributed by atoms with Crippen LogP contribution < -0.4 is 4.74 Å². The van der Waals surface area contributed by atoms with Gasteiger partial charge in [-0.05, 0) is 75.5 Å². The molecule has 0 radical (unpaired) electrons. The van der Waals surface area contributed by atoms with Crippen LogP contribution >= 0.6 is 0 Å². The number of hydrogen-bond donors (Lipinski definition) is 2. The lowest BCUT2D eigenvalue weighted by Crippen LogP contribution is -2.29. The van der Waals surface area contributed by atoms with Gasteiger partial charge in [0.15, 0.2) is 0 Å². The summed E-state index contributed by atoms with van der Waals surface area (Å²) in [5.41, 5.74) is 9.61. The van der Waals surface area contributed by atoms with Crippen LogP contribution in [0, 0.1) is 6.92 Å². The van der Waals surface area contributed by atoms with Gasteiger partial charge in [0.1, 0.15) is 11.9 Å². The number of hydrogen-bond acceptors (Lipinski definition) is 4. The largest absolute Gasteiger partial charge is 0.496 e. The van der Waals surface area contributed by atoms with E-state index in [-0.39, 0.29) is 0 Å². The van der Waals surface area contributed by atoms with E-state index in [1.54, 1.807) is 13.3 Å². The van der Waals surface area contributed by atoms with E-state index < -0.39 is 6.10 Å². The van der Waals surface area contributed by atoms with Gasteiger partial charge in [0.05, 0.1) is 7.11 Å². The van der Waals surface area contributed by atoms with Crippen LogP contribution in [0.15, 0.2) is 60.2 Å². The first-order valence-electron chi connectivity index (χ1n) is 11.9. The summed E-state index contributed by atoms with van der Waals surface area (Å²) in [6.07, 6.45) is 9.30. The van der Waals surface area contributed by atoms with Gasteiger partial charge >= 0.3 is 0 Å². The summed E-state index contributed by atoms with van der Waals surface area (Å²) in [6, 6.07) is 10.4. The van der Waals surface area contributed by atoms with Crippen molar-refractivity contribution in [3.05, 3.63) is 82.6 Å². The zero-order valence-corrected chi connectivity index (χ0v) is 21.0. The van der Waals surface area contributed by atoms with Crippen LogP contribution in [-0.4, -0.2) is 40.2 Å². The molecule has 4 rings (SSSR count). The van der Waals surface area contributed by atoms with Crippen molar-refractivity contribution in [2.75, 3.05) is 14.2 Å². The molecule has 1 aliphatic carbocycles. The number of aromatic amines is 1. The van der Waals surface area contributed by atoms with E-state index in [2.05, 4.69) is 67.8 Å². The highest BCUT2D eigenvalue weighted by Gasteiger charge is 2.28. The second-order valence-corrected chi connectivity index (χ2v) is 9.37. The topological polar surface area (TPSA) is 61.4 Å². The normalized spacial score (nSPS) is 14.4. The third kappa shape index (κ3) is 4.80. The molecule has 5 nitrogen and oxygen atoms in total. The first-order chi connectivity index (χ1) is 16.3. The van der Waals surface area contributed by atoms with Gasteiger partial charge in [0.2, 0.25) is 0 Å². The van der Waals surface area contributed by atoms with Crippen molar-refractivity contribution in [1.29, 1.82) is 0 Å². The lowest BCUT2D eigenvalue weighted by Gasteiger charge is -2.30. The van der Waals surface area contributed by atoms with E-state index in [4.69, 9.17) is 4.74 Å². The minimum atomic E-state index is -0.678. The standard InChI is InChI=1S/C29H35N3O2/c1-18(2)32(5)28(21-11-12-21)29(33)23-14-22(15-30-16-23)19(3)13-25-20(4)31-17-26(25)24-9-7-8-10-27(24)34-6/h7-10,13-18,29,31,33H,11-12H2,1-6H3/b19-13+. The number of ether oxygens (including phenoxy) is 1. The number of benzene rings is 1. The highest BCUT2D eigenvalue weighted by molar-refractivity contribution is 5.88. The smallest absolute Gasteiger partial charge is 0.126 e. The molecule has 0 amide bonds. The Morgan fingerprint density at radius 3 is 2.59 bits per heavy atom. The molecule has 1 atom stereocenters. The average molecular weight is 458 g/mol. The van der Waals surface area contributed by atoms with Crippen LogP contribution in [0.25, 0.3) is 22.8 Å². The predicted octanol–water partition coefficient (Wildman–Crippen LogP) is 6.38. The van der Waals surface area contributed by atoms with Gasteiger partial charge in [-0.3, -0.25) is 4.98 Å². The fourth-order valence-corrected chi connectivity index (χ4v) is 4.33. The summed E-state index contributed by atoms with van der Waals surface area (Å²) < 4.78 is 5.60. The lowest BCUT2D eigenvalue weighted by molar-refractivity contribution is 0.161. The average Bonchev–Trinajstić information content (AvgIpc) is 3.62. The molecule has 5 heteroatoms. The van der Waals surface area contributed by atoms with Crippen molar-refractivity contribution in [3.63, 3.8) is 0 Å². The number of pyridine rings is 1. The zero-order chi connectivity index (χ0) is 24.4. The van der Waals surface area contributed by atoms with Crippen molar-refractivity contribution in [3.8, 4) is 16.9 Å². The van der Waals surface area contributed by atoms with Crippen LogP contribution in [-0.2, 0) is 0 Å². The summed E-state index contributed by atoms with van der Waals surface area (Å²) >= 11 is 0. The fraction of sp³-hybridized carbons (Fsp3) is 0.345. The van der Waals surface area contributed by atoms with E-state index >= 15 is 0 Å². The number of aromatic nitrogens is 2. The number of nitrogens with one attached hydrogen (secondary N) is 1. The SMILES string of the molecule is COc1ccccc1-c1c[nH]c(C)c1/C=C(\C)c1cncc(C(O)C(=C2CC2)N(C)C(C)C)c1. The van der Waals surface area contributed by atoms with Crippen LogP contribution in [0.5, 0.6) is 5.75 Å². The molecule has 2 N–H and O–H groups in total. The van der Waals surface area contributed by atoms with Crippen molar-refractivity contribution < 1.29 is 9.84 Å². The maximum atomic E-state index is 11.3. The summed E-state index contributed by atoms with van der Waals surface area (Å²) in [4.78, 5) is 10.0. The number of allylic oxidation sites excluding steroid dienone is 2. The Kier molecular flexibility index (Phi) is 6.94. The molecule has 0 saturated heterocycles. The third-order valence-corrected chi connectivity index (χ3v) is 6.69. The van der Waals surface area contributed by atoms with Crippen LogP contribution in [0.3, 0.4) is 0 Å². The number of nitrogens with zero attached hydrogens (tertiary/aromatic N) is 2. The molecule has 1 aromatic carbocycles. The lowest BCUT2D eigenvalue weighted by atomic mass is 9.97. The van der Waals surface area contributed by atoms with Crippen molar-refractivity contribution >= 4 is 11.6 Å². The molecule has 0 bridgehead atoms. The molecule has 3 aromatic rings. The first-order valence-corrected chi connectivity index (χ1v) is 11.9. The zero-order valence-electron chi connectivity index (χ0n) is 21.0. The summed E-state index contributed by atoms with van der Waals surface area (Å²) in [6.45, 7) is 8.46. The molecule has 178 valence electrons. The Hall–Kier alpha value is -3.31. The van der Waals surface area contributed by atoms with Crippen LogP contribution in [0.1, 0.15) is 62.1 Å². The number of rotatable bonds is 8. The number of likely N-dealkylation sites (N-methyl/N-ethyl adjacent to an activating group) is 1. The molecule has 1 saturated carbocycles. The van der Waals surface area contributed by atoms with Crippen molar-refractivity contribution in [2.45, 2.75) is 52.7 Å². The molecule has 34 heavy (non-hydrogen) atoms. The molecular weight excluding hydrogens is 422 g/mol. The second kappa shape index (κ2) is 9.90. The Balaban J connectivity index is 1.69. The Morgan fingerprint density at radius 1 is 1.18 bits per heavy atom. The molecule has 0 aliphatic heterocycles. The van der Waals surface area contributed by atoms with Gasteiger partial charge in [0, 0.05) is 65.3 Å². The monoisotopic (exact) mass is 457 g/mol. The highest BCUT2D eigenvalue weighted by Crippen LogP contribution is 2.40. The Labute approximate surface area is 202 Å². The van der Waals surface area contributed by atoms with E-state index in [0.29, 0.717) is 6.04 Å². The number of aliphatic hydroxyl groups is 1. The van der Waals surface area contributed by atoms with Crippen LogP contribution in [0.4, 0.5) is 0 Å². The molecule has 0 spiro atoms. The van der Waals surface area contributed by atoms with Crippen molar-refractivity contribution in [2.24, 2.45) is 0 Å². The van der Waals surface area contributed by atoms with E-state index in [9.17, 15) is 5.11 Å². The quantitative estimate of drug-likeness (QED) is 0.412. The highest BCUT2D eigenvalue weighted by atomic mass is 16.5. The van der Waals surface area contributed by atoms with Gasteiger partial charge < -0.3 is 19.7 Å². The van der Waals surface area contributed by atoms with E-state index in [1.165, 1.54) is 5.57 Å². The second-order valence-electron chi connectivity index (χ2n) is 9.37. The van der Waals surface area contributed by atoms with E-state index in [1.807, 2.05) is 30.6 Å². The number of para-hydroxylation sites is 1. The molecule has 2 heterocycles. The number of aryl methyl sites for hydroxylation is 1. The van der Waals surface area contributed by atoms with Gasteiger partial charge in [-0.25, -0.2) is 0 Å². The third-order valence-electron chi connectivity index (χ3n) is 6.69. The minimum absolute atomic E-state index is 0.320. The predicted molar refractivity (Wildman–Crippen MR) is 139 cm³/mol. The maximum Gasteiger partial charge on any atom is 0.126 e. The number of aliphatic hydroxyl groups excluding tert-OH is 1. The number of methoxy groups -OCH3 is 1. The van der Waals surface area contributed by atoms with Crippen molar-refractivity contribution in [1.82, 2.24) is 14.9 Å². The minimum Gasteiger partial charge on any atom is -0.496 e.